The van der Waals surface area contributed by atoms with Crippen LogP contribution in [0.4, 0.5) is 4.39 Å². The summed E-state index contributed by atoms with van der Waals surface area (Å²) in [7, 11) is 0. The highest BCUT2D eigenvalue weighted by molar-refractivity contribution is 9.10. The van der Waals surface area contributed by atoms with Gasteiger partial charge in [0.15, 0.2) is 11.6 Å². The Morgan fingerprint density at radius 3 is 2.71 bits per heavy atom. The zero-order chi connectivity index (χ0) is 15.4. The molecule has 112 valence electrons. The predicted molar refractivity (Wildman–Crippen MR) is 85.1 cm³/mol. The van der Waals surface area contributed by atoms with E-state index in [1.807, 2.05) is 13.0 Å². The van der Waals surface area contributed by atoms with E-state index in [0.717, 1.165) is 22.3 Å². The van der Waals surface area contributed by atoms with Crippen LogP contribution in [-0.4, -0.2) is 11.0 Å². The highest BCUT2D eigenvalue weighted by atomic mass is 79.9. The van der Waals surface area contributed by atoms with Crippen LogP contribution >= 0.6 is 15.9 Å². The van der Waals surface area contributed by atoms with Crippen LogP contribution in [0.2, 0.25) is 0 Å². The lowest BCUT2D eigenvalue weighted by atomic mass is 10.2. The molecule has 0 amide bonds. The topological polar surface area (TPSA) is 34.1 Å². The van der Waals surface area contributed by atoms with Crippen molar-refractivity contribution in [2.75, 3.05) is 0 Å². The van der Waals surface area contributed by atoms with Crippen LogP contribution in [0.15, 0.2) is 34.8 Å². The number of benzene rings is 1. The highest BCUT2D eigenvalue weighted by Crippen LogP contribution is 2.27. The number of nitrogens with one attached hydrogen (secondary N) is 1. The van der Waals surface area contributed by atoms with Crippen molar-refractivity contribution in [3.63, 3.8) is 0 Å². The number of halogens is 2. The molecule has 2 rings (SSSR count). The number of rotatable bonds is 5. The third-order valence-electron chi connectivity index (χ3n) is 2.98. The van der Waals surface area contributed by atoms with E-state index in [-0.39, 0.29) is 5.75 Å². The third-order valence-corrected chi connectivity index (χ3v) is 3.47. The van der Waals surface area contributed by atoms with Gasteiger partial charge in [0.1, 0.15) is 0 Å². The molecule has 0 aliphatic rings. The molecule has 21 heavy (non-hydrogen) atoms. The average Bonchev–Trinajstić information content (AvgIpc) is 2.42. The van der Waals surface area contributed by atoms with Crippen LogP contribution in [0, 0.1) is 12.7 Å². The number of pyridine rings is 1. The maximum Gasteiger partial charge on any atom is 0.219 e. The first-order valence-electron chi connectivity index (χ1n) is 6.78. The van der Waals surface area contributed by atoms with Crippen LogP contribution in [-0.2, 0) is 6.54 Å². The Morgan fingerprint density at radius 2 is 2.05 bits per heavy atom. The normalized spacial score (nSPS) is 11.0. The molecule has 1 aromatic heterocycles. The fourth-order valence-corrected chi connectivity index (χ4v) is 2.13. The molecule has 0 bridgehead atoms. The summed E-state index contributed by atoms with van der Waals surface area (Å²) in [5.74, 6) is 0.130. The summed E-state index contributed by atoms with van der Waals surface area (Å²) in [6.07, 6.45) is 0. The van der Waals surface area contributed by atoms with Gasteiger partial charge in [0.2, 0.25) is 5.88 Å². The van der Waals surface area contributed by atoms with Crippen LogP contribution in [0.25, 0.3) is 0 Å². The molecule has 0 aliphatic carbocycles. The van der Waals surface area contributed by atoms with Gasteiger partial charge < -0.3 is 10.1 Å². The van der Waals surface area contributed by atoms with Crippen molar-refractivity contribution in [1.82, 2.24) is 10.3 Å². The summed E-state index contributed by atoms with van der Waals surface area (Å²) >= 11 is 3.29. The molecule has 3 nitrogen and oxygen atoms in total. The van der Waals surface area contributed by atoms with Crippen molar-refractivity contribution in [3.8, 4) is 11.6 Å². The third kappa shape index (κ3) is 4.51. The quantitative estimate of drug-likeness (QED) is 0.854. The van der Waals surface area contributed by atoms with Crippen LogP contribution in [0.1, 0.15) is 25.1 Å². The molecule has 5 heteroatoms. The van der Waals surface area contributed by atoms with Gasteiger partial charge in [-0.25, -0.2) is 9.37 Å². The first-order chi connectivity index (χ1) is 9.95. The molecular weight excluding hydrogens is 335 g/mol. The van der Waals surface area contributed by atoms with Gasteiger partial charge in [0.25, 0.3) is 0 Å². The van der Waals surface area contributed by atoms with E-state index in [1.54, 1.807) is 18.2 Å². The maximum atomic E-state index is 13.7. The molecule has 1 N–H and O–H groups in total. The molecular formula is C16H18BrFN2O. The Balaban J connectivity index is 2.14. The molecule has 0 radical (unpaired) electrons. The van der Waals surface area contributed by atoms with Crippen molar-refractivity contribution in [3.05, 3.63) is 51.9 Å². The van der Waals surface area contributed by atoms with E-state index in [0.29, 0.717) is 11.9 Å². The van der Waals surface area contributed by atoms with Crippen LogP contribution < -0.4 is 10.1 Å². The van der Waals surface area contributed by atoms with Gasteiger partial charge in [-0.2, -0.15) is 0 Å². The summed E-state index contributed by atoms with van der Waals surface area (Å²) in [5, 5.41) is 3.34. The Labute approximate surface area is 132 Å². The molecule has 0 aliphatic heterocycles. The van der Waals surface area contributed by atoms with Crippen molar-refractivity contribution in [2.45, 2.75) is 33.4 Å². The summed E-state index contributed by atoms with van der Waals surface area (Å²) < 4.78 is 19.9. The van der Waals surface area contributed by atoms with Gasteiger partial charge in [-0.15, -0.1) is 0 Å². The minimum absolute atomic E-state index is 0.157. The van der Waals surface area contributed by atoms with E-state index < -0.39 is 5.82 Å². The highest BCUT2D eigenvalue weighted by Gasteiger charge is 2.08. The number of hydrogen-bond donors (Lipinski definition) is 1. The summed E-state index contributed by atoms with van der Waals surface area (Å²) in [6, 6.07) is 8.68. The molecule has 1 heterocycles. The second-order valence-corrected chi connectivity index (χ2v) is 6.02. The second-order valence-electron chi connectivity index (χ2n) is 5.11. The molecule has 0 saturated heterocycles. The summed E-state index contributed by atoms with van der Waals surface area (Å²) in [5.41, 5.74) is 1.97. The van der Waals surface area contributed by atoms with E-state index in [1.165, 1.54) is 6.07 Å². The molecule has 0 saturated carbocycles. The first-order valence-corrected chi connectivity index (χ1v) is 7.58. The Bertz CT molecular complexity index is 632. The molecule has 0 fully saturated rings. The molecule has 0 spiro atoms. The van der Waals surface area contributed by atoms with Gasteiger partial charge in [-0.3, -0.25) is 0 Å². The van der Waals surface area contributed by atoms with Gasteiger partial charge in [0, 0.05) is 28.8 Å². The van der Waals surface area contributed by atoms with Gasteiger partial charge in [-0.1, -0.05) is 35.8 Å². The van der Waals surface area contributed by atoms with Gasteiger partial charge in [0.05, 0.1) is 0 Å². The number of aryl methyl sites for hydroxylation is 1. The zero-order valence-electron chi connectivity index (χ0n) is 12.3. The summed E-state index contributed by atoms with van der Waals surface area (Å²) in [4.78, 5) is 4.37. The van der Waals surface area contributed by atoms with E-state index in [9.17, 15) is 4.39 Å². The number of ether oxygens (including phenoxy) is 1. The number of nitrogens with zero attached hydrogens (tertiary/aromatic N) is 1. The lowest BCUT2D eigenvalue weighted by Gasteiger charge is -2.12. The number of hydrogen-bond acceptors (Lipinski definition) is 3. The zero-order valence-corrected chi connectivity index (χ0v) is 13.9. The average molecular weight is 353 g/mol. The Hall–Kier alpha value is -1.46. The van der Waals surface area contributed by atoms with E-state index >= 15 is 0 Å². The lowest BCUT2D eigenvalue weighted by molar-refractivity contribution is 0.425. The minimum Gasteiger partial charge on any atom is -0.436 e. The smallest absolute Gasteiger partial charge is 0.219 e. The standard InChI is InChI=1S/C16H18BrFN2O/c1-10(2)19-9-12-4-7-16(20-11(12)3)21-15-8-13(17)5-6-14(15)18/h4-8,10,19H,9H2,1-3H3. The SMILES string of the molecule is Cc1nc(Oc2cc(Br)ccc2F)ccc1CNC(C)C. The van der Waals surface area contributed by atoms with Crippen LogP contribution in [0.5, 0.6) is 11.6 Å². The monoisotopic (exact) mass is 352 g/mol. The maximum absolute atomic E-state index is 13.7. The Kier molecular flexibility index (Phi) is 5.31. The van der Waals surface area contributed by atoms with Gasteiger partial charge in [-0.05, 0) is 30.7 Å². The van der Waals surface area contributed by atoms with Crippen LogP contribution in [0.3, 0.4) is 0 Å². The lowest BCUT2D eigenvalue weighted by Crippen LogP contribution is -2.22. The van der Waals surface area contributed by atoms with Crippen molar-refractivity contribution in [2.24, 2.45) is 0 Å². The fraction of sp³-hybridized carbons (Fsp3) is 0.312. The molecule has 1 aromatic carbocycles. The van der Waals surface area contributed by atoms with Crippen molar-refractivity contribution in [1.29, 1.82) is 0 Å². The predicted octanol–water partition coefficient (Wildman–Crippen LogP) is 4.58. The first kappa shape index (κ1) is 15.9. The minimum atomic E-state index is -0.414. The molecule has 0 atom stereocenters. The molecule has 2 aromatic rings. The van der Waals surface area contributed by atoms with Crippen molar-refractivity contribution < 1.29 is 9.13 Å². The fourth-order valence-electron chi connectivity index (χ4n) is 1.79. The number of aromatic nitrogens is 1. The van der Waals surface area contributed by atoms with E-state index in [2.05, 4.69) is 40.1 Å². The Morgan fingerprint density at radius 1 is 1.29 bits per heavy atom. The van der Waals surface area contributed by atoms with Gasteiger partial charge >= 0.3 is 0 Å². The molecule has 0 unspecified atom stereocenters. The summed E-state index contributed by atoms with van der Waals surface area (Å²) in [6.45, 7) is 6.86. The second kappa shape index (κ2) is 7.00. The van der Waals surface area contributed by atoms with E-state index in [4.69, 9.17) is 4.74 Å². The largest absolute Gasteiger partial charge is 0.436 e. The van der Waals surface area contributed by atoms with Crippen molar-refractivity contribution >= 4 is 15.9 Å².